The first-order chi connectivity index (χ1) is 9.06. The number of ether oxygens (including phenoxy) is 1. The van der Waals surface area contributed by atoms with Crippen molar-refractivity contribution in [2.45, 2.75) is 6.61 Å². The fourth-order valence-electron chi connectivity index (χ4n) is 1.55. The Hall–Kier alpha value is -2.27. The molecule has 0 radical (unpaired) electrons. The van der Waals surface area contributed by atoms with E-state index in [-0.39, 0.29) is 18.0 Å². The van der Waals surface area contributed by atoms with Gasteiger partial charge in [0.1, 0.15) is 18.1 Å². The third kappa shape index (κ3) is 3.35. The highest BCUT2D eigenvalue weighted by Crippen LogP contribution is 2.24. The molecule has 19 heavy (non-hydrogen) atoms. The Bertz CT molecular complexity index is 598. The summed E-state index contributed by atoms with van der Waals surface area (Å²) in [4.78, 5) is 10.4. The topological polar surface area (TPSA) is 72.6 Å². The number of rotatable bonds is 4. The number of hydrogen-bond acceptors (Lipinski definition) is 4. The normalized spacial score (nSPS) is 10.2. The summed E-state index contributed by atoms with van der Waals surface area (Å²) in [7, 11) is 0. The molecule has 0 saturated heterocycles. The summed E-state index contributed by atoms with van der Waals surface area (Å²) in [6.45, 7) is 0.0294. The largest absolute Gasteiger partial charge is 0.508 e. The molecule has 0 saturated carbocycles. The van der Waals surface area contributed by atoms with Crippen LogP contribution in [0, 0.1) is 10.1 Å². The van der Waals surface area contributed by atoms with Crippen molar-refractivity contribution in [2.24, 2.45) is 0 Å². The van der Waals surface area contributed by atoms with Gasteiger partial charge in [-0.1, -0.05) is 11.6 Å². The minimum atomic E-state index is -0.480. The van der Waals surface area contributed by atoms with Crippen molar-refractivity contribution in [1.29, 1.82) is 0 Å². The Morgan fingerprint density at radius 1 is 1.21 bits per heavy atom. The van der Waals surface area contributed by atoms with Crippen molar-refractivity contribution in [3.63, 3.8) is 0 Å². The van der Waals surface area contributed by atoms with E-state index in [2.05, 4.69) is 0 Å². The van der Waals surface area contributed by atoms with Gasteiger partial charge in [0.05, 0.1) is 10.5 Å². The fraction of sp³-hybridized carbons (Fsp3) is 0.0769. The summed E-state index contributed by atoms with van der Waals surface area (Å²) in [6.07, 6.45) is 0. The van der Waals surface area contributed by atoms with Crippen molar-refractivity contribution in [3.05, 3.63) is 63.2 Å². The molecule has 0 atom stereocenters. The molecule has 0 aliphatic heterocycles. The lowest BCUT2D eigenvalue weighted by Crippen LogP contribution is -2.00. The molecule has 2 rings (SSSR count). The summed E-state index contributed by atoms with van der Waals surface area (Å²) in [6, 6.07) is 10.4. The summed E-state index contributed by atoms with van der Waals surface area (Å²) >= 11 is 5.81. The van der Waals surface area contributed by atoms with Crippen molar-refractivity contribution in [1.82, 2.24) is 0 Å². The van der Waals surface area contributed by atoms with E-state index in [1.54, 1.807) is 12.1 Å². The van der Waals surface area contributed by atoms with Crippen LogP contribution in [-0.4, -0.2) is 10.0 Å². The highest BCUT2D eigenvalue weighted by Gasteiger charge is 2.14. The van der Waals surface area contributed by atoms with Gasteiger partial charge in [-0.2, -0.15) is 0 Å². The van der Waals surface area contributed by atoms with E-state index in [4.69, 9.17) is 21.4 Å². The molecular formula is C13H10ClNO4. The molecule has 98 valence electrons. The summed E-state index contributed by atoms with van der Waals surface area (Å²) in [5.41, 5.74) is 0.355. The van der Waals surface area contributed by atoms with Gasteiger partial charge in [0.15, 0.2) is 0 Å². The molecule has 0 unspecified atom stereocenters. The number of nitro benzene ring substituents is 1. The minimum absolute atomic E-state index is 0.0294. The number of nitrogens with zero attached hydrogens (tertiary/aromatic N) is 1. The molecule has 0 aromatic heterocycles. The number of aromatic hydroxyl groups is 1. The standard InChI is InChI=1S/C13H10ClNO4/c14-10-1-6-13(15(17)18)9(7-10)8-19-12-4-2-11(16)3-5-12/h1-7,16H,8H2. The molecule has 0 aliphatic carbocycles. The van der Waals surface area contributed by atoms with Gasteiger partial charge in [0.2, 0.25) is 0 Å². The third-order valence-electron chi connectivity index (χ3n) is 2.47. The SMILES string of the molecule is O=[N+]([O-])c1ccc(Cl)cc1COc1ccc(O)cc1. The predicted octanol–water partition coefficient (Wildman–Crippen LogP) is 3.53. The first-order valence-electron chi connectivity index (χ1n) is 5.41. The summed E-state index contributed by atoms with van der Waals surface area (Å²) in [5.74, 6) is 0.633. The molecule has 0 fully saturated rings. The van der Waals surface area contributed by atoms with E-state index in [0.717, 1.165) is 0 Å². The number of phenols is 1. The number of phenolic OH excluding ortho intramolecular Hbond substituents is 1. The molecule has 0 amide bonds. The lowest BCUT2D eigenvalue weighted by atomic mass is 10.2. The molecule has 0 aliphatic rings. The van der Waals surface area contributed by atoms with Crippen LogP contribution in [0.2, 0.25) is 5.02 Å². The number of nitro groups is 1. The van der Waals surface area contributed by atoms with Crippen LogP contribution in [0.5, 0.6) is 11.5 Å². The van der Waals surface area contributed by atoms with E-state index in [1.165, 1.54) is 30.3 Å². The van der Waals surface area contributed by atoms with Gasteiger partial charge in [-0.25, -0.2) is 0 Å². The van der Waals surface area contributed by atoms with Gasteiger partial charge in [0.25, 0.3) is 5.69 Å². The zero-order valence-electron chi connectivity index (χ0n) is 9.75. The monoisotopic (exact) mass is 279 g/mol. The average molecular weight is 280 g/mol. The third-order valence-corrected chi connectivity index (χ3v) is 2.70. The molecule has 5 nitrogen and oxygen atoms in total. The van der Waals surface area contributed by atoms with Gasteiger partial charge in [0, 0.05) is 11.1 Å². The van der Waals surface area contributed by atoms with Crippen molar-refractivity contribution in [3.8, 4) is 11.5 Å². The van der Waals surface area contributed by atoms with Crippen LogP contribution in [0.25, 0.3) is 0 Å². The first-order valence-corrected chi connectivity index (χ1v) is 5.79. The van der Waals surface area contributed by atoms with Gasteiger partial charge >= 0.3 is 0 Å². The fourth-order valence-corrected chi connectivity index (χ4v) is 1.75. The van der Waals surface area contributed by atoms with Crippen LogP contribution in [0.15, 0.2) is 42.5 Å². The van der Waals surface area contributed by atoms with Crippen LogP contribution in [0.1, 0.15) is 5.56 Å². The zero-order chi connectivity index (χ0) is 13.8. The average Bonchev–Trinajstić information content (AvgIpc) is 2.38. The second kappa shape index (κ2) is 5.58. The van der Waals surface area contributed by atoms with E-state index >= 15 is 0 Å². The number of benzene rings is 2. The number of hydrogen-bond donors (Lipinski definition) is 1. The smallest absolute Gasteiger partial charge is 0.276 e. The van der Waals surface area contributed by atoms with Crippen LogP contribution in [0.4, 0.5) is 5.69 Å². The maximum atomic E-state index is 10.9. The van der Waals surface area contributed by atoms with Crippen molar-refractivity contribution >= 4 is 17.3 Å². The molecule has 6 heteroatoms. The Morgan fingerprint density at radius 3 is 2.53 bits per heavy atom. The van der Waals surface area contributed by atoms with Crippen molar-refractivity contribution < 1.29 is 14.8 Å². The molecule has 2 aromatic carbocycles. The highest BCUT2D eigenvalue weighted by molar-refractivity contribution is 6.30. The molecular weight excluding hydrogens is 270 g/mol. The van der Waals surface area contributed by atoms with E-state index in [9.17, 15) is 10.1 Å². The Labute approximate surface area is 114 Å². The minimum Gasteiger partial charge on any atom is -0.508 e. The summed E-state index contributed by atoms with van der Waals surface area (Å²) in [5, 5.41) is 20.4. The van der Waals surface area contributed by atoms with Crippen LogP contribution < -0.4 is 4.74 Å². The molecule has 1 N–H and O–H groups in total. The maximum Gasteiger partial charge on any atom is 0.276 e. The molecule has 2 aromatic rings. The Balaban J connectivity index is 2.16. The van der Waals surface area contributed by atoms with Crippen LogP contribution in [-0.2, 0) is 6.61 Å². The van der Waals surface area contributed by atoms with E-state index in [0.29, 0.717) is 16.3 Å². The molecule has 0 heterocycles. The summed E-state index contributed by atoms with van der Waals surface area (Å²) < 4.78 is 5.42. The Morgan fingerprint density at radius 2 is 1.89 bits per heavy atom. The lowest BCUT2D eigenvalue weighted by molar-refractivity contribution is -0.385. The van der Waals surface area contributed by atoms with Gasteiger partial charge < -0.3 is 9.84 Å². The predicted molar refractivity (Wildman–Crippen MR) is 70.5 cm³/mol. The Kier molecular flexibility index (Phi) is 3.87. The van der Waals surface area contributed by atoms with Crippen LogP contribution in [0.3, 0.4) is 0 Å². The van der Waals surface area contributed by atoms with Crippen LogP contribution >= 0.6 is 11.6 Å². The zero-order valence-corrected chi connectivity index (χ0v) is 10.5. The van der Waals surface area contributed by atoms with Crippen molar-refractivity contribution in [2.75, 3.05) is 0 Å². The quantitative estimate of drug-likeness (QED) is 0.686. The number of halogens is 1. The van der Waals surface area contributed by atoms with Gasteiger partial charge in [-0.15, -0.1) is 0 Å². The molecule has 0 spiro atoms. The second-order valence-electron chi connectivity index (χ2n) is 3.81. The van der Waals surface area contributed by atoms with E-state index in [1.807, 2.05) is 0 Å². The van der Waals surface area contributed by atoms with Gasteiger partial charge in [-0.3, -0.25) is 10.1 Å². The maximum absolute atomic E-state index is 10.9. The van der Waals surface area contributed by atoms with Gasteiger partial charge in [-0.05, 0) is 36.4 Å². The first kappa shape index (κ1) is 13.2. The molecule has 0 bridgehead atoms. The lowest BCUT2D eigenvalue weighted by Gasteiger charge is -2.07. The second-order valence-corrected chi connectivity index (χ2v) is 4.25. The van der Waals surface area contributed by atoms with E-state index < -0.39 is 4.92 Å². The highest BCUT2D eigenvalue weighted by atomic mass is 35.5.